The minimum absolute atomic E-state index is 0.0895. The maximum Gasteiger partial charge on any atom is 0.268 e. The van der Waals surface area contributed by atoms with Crippen molar-refractivity contribution in [2.45, 2.75) is 18.7 Å². The Kier molecular flexibility index (Phi) is 3.36. The fourth-order valence-corrected chi connectivity index (χ4v) is 4.57. The number of aryl methyl sites for hydroxylation is 2. The molecule has 0 N–H and O–H groups in total. The van der Waals surface area contributed by atoms with Gasteiger partial charge in [-0.05, 0) is 37.6 Å². The summed E-state index contributed by atoms with van der Waals surface area (Å²) < 4.78 is 38.2. The van der Waals surface area contributed by atoms with E-state index in [4.69, 9.17) is 9.47 Å². The maximum atomic E-state index is 13.2. The molecule has 1 aliphatic rings. The van der Waals surface area contributed by atoms with E-state index in [0.29, 0.717) is 34.3 Å². The first-order valence-corrected chi connectivity index (χ1v) is 9.09. The van der Waals surface area contributed by atoms with Gasteiger partial charge >= 0.3 is 0 Å². The zero-order valence-electron chi connectivity index (χ0n) is 13.6. The summed E-state index contributed by atoms with van der Waals surface area (Å²) in [6.07, 6.45) is 0.563. The molecule has 2 heterocycles. The number of hydrogen-bond donors (Lipinski definition) is 0. The van der Waals surface area contributed by atoms with Crippen LogP contribution in [-0.4, -0.2) is 25.5 Å². The van der Waals surface area contributed by atoms with Gasteiger partial charge in [0, 0.05) is 11.5 Å². The molecule has 0 atom stereocenters. The molecule has 0 saturated heterocycles. The Morgan fingerprint density at radius 2 is 1.68 bits per heavy atom. The number of rotatable bonds is 3. The third kappa shape index (κ3) is 2.23. The molecule has 1 aromatic heterocycles. The average molecular weight is 357 g/mol. The molecule has 0 unspecified atom stereocenters. The molecule has 7 heteroatoms. The van der Waals surface area contributed by atoms with Crippen LogP contribution in [0.5, 0.6) is 11.5 Å². The van der Waals surface area contributed by atoms with E-state index >= 15 is 0 Å². The minimum atomic E-state index is -3.93. The van der Waals surface area contributed by atoms with Gasteiger partial charge in [0.15, 0.2) is 17.8 Å². The zero-order valence-corrected chi connectivity index (χ0v) is 14.5. The molecule has 0 spiro atoms. The summed E-state index contributed by atoms with van der Waals surface area (Å²) >= 11 is 0. The number of hydrogen-bond acceptors (Lipinski definition) is 5. The molecule has 6 nitrogen and oxygen atoms in total. The number of aldehydes is 1. The quantitative estimate of drug-likeness (QED) is 0.674. The van der Waals surface area contributed by atoms with Crippen molar-refractivity contribution in [1.82, 2.24) is 3.97 Å². The number of nitrogens with zero attached hydrogens (tertiary/aromatic N) is 1. The number of carbonyl (C=O) groups excluding carboxylic acids is 1. The summed E-state index contributed by atoms with van der Waals surface area (Å²) in [6.45, 7) is 3.69. The van der Waals surface area contributed by atoms with E-state index in [9.17, 15) is 13.2 Å². The van der Waals surface area contributed by atoms with Gasteiger partial charge < -0.3 is 9.47 Å². The zero-order chi connectivity index (χ0) is 17.8. The standard InChI is InChI=1S/C18H15NO5S/c1-11-3-5-13(6-4-11)25(21,22)19-15-8-18-17(23-10-24-18)7-14(15)12(2)16(19)9-20/h3-9H,10H2,1-2H3. The van der Waals surface area contributed by atoms with Gasteiger partial charge in [0.1, 0.15) is 5.69 Å². The fraction of sp³-hybridized carbons (Fsp3) is 0.167. The molecule has 0 radical (unpaired) electrons. The third-order valence-electron chi connectivity index (χ3n) is 4.39. The molecular weight excluding hydrogens is 342 g/mol. The van der Waals surface area contributed by atoms with Gasteiger partial charge in [-0.1, -0.05) is 17.7 Å². The highest BCUT2D eigenvalue weighted by atomic mass is 32.2. The van der Waals surface area contributed by atoms with Crippen molar-refractivity contribution in [3.63, 3.8) is 0 Å². The lowest BCUT2D eigenvalue weighted by Crippen LogP contribution is -2.15. The predicted molar refractivity (Wildman–Crippen MR) is 91.9 cm³/mol. The summed E-state index contributed by atoms with van der Waals surface area (Å²) in [7, 11) is -3.93. The summed E-state index contributed by atoms with van der Waals surface area (Å²) in [5.74, 6) is 1.00. The Hall–Kier alpha value is -2.80. The van der Waals surface area contributed by atoms with E-state index in [0.717, 1.165) is 9.54 Å². The van der Waals surface area contributed by atoms with Crippen LogP contribution in [0.15, 0.2) is 41.3 Å². The summed E-state index contributed by atoms with van der Waals surface area (Å²) in [5.41, 5.74) is 2.02. The Morgan fingerprint density at radius 3 is 2.32 bits per heavy atom. The van der Waals surface area contributed by atoms with Crippen LogP contribution >= 0.6 is 0 Å². The molecule has 3 aromatic rings. The van der Waals surface area contributed by atoms with Crippen LogP contribution in [0.4, 0.5) is 0 Å². The topological polar surface area (TPSA) is 74.6 Å². The molecule has 0 aliphatic carbocycles. The average Bonchev–Trinajstić information content (AvgIpc) is 3.15. The highest BCUT2D eigenvalue weighted by Crippen LogP contribution is 2.39. The van der Waals surface area contributed by atoms with Crippen LogP contribution in [0.2, 0.25) is 0 Å². The minimum Gasteiger partial charge on any atom is -0.454 e. The highest BCUT2D eigenvalue weighted by molar-refractivity contribution is 7.90. The highest BCUT2D eigenvalue weighted by Gasteiger charge is 2.27. The third-order valence-corrected chi connectivity index (χ3v) is 6.13. The molecule has 4 rings (SSSR count). The van der Waals surface area contributed by atoms with Crippen molar-refractivity contribution >= 4 is 27.2 Å². The van der Waals surface area contributed by atoms with Crippen molar-refractivity contribution in [1.29, 1.82) is 0 Å². The molecule has 2 aromatic carbocycles. The van der Waals surface area contributed by atoms with Crippen LogP contribution in [0.1, 0.15) is 21.6 Å². The second kappa shape index (κ2) is 5.35. The van der Waals surface area contributed by atoms with Crippen molar-refractivity contribution < 1.29 is 22.7 Å². The van der Waals surface area contributed by atoms with Crippen LogP contribution in [-0.2, 0) is 10.0 Å². The number of ether oxygens (including phenoxy) is 2. The lowest BCUT2D eigenvalue weighted by Gasteiger charge is -2.10. The summed E-state index contributed by atoms with van der Waals surface area (Å²) in [5, 5.41) is 0.641. The molecule has 128 valence electrons. The van der Waals surface area contributed by atoms with Crippen molar-refractivity contribution in [2.24, 2.45) is 0 Å². The van der Waals surface area contributed by atoms with Crippen LogP contribution < -0.4 is 9.47 Å². The van der Waals surface area contributed by atoms with Gasteiger partial charge in [-0.25, -0.2) is 12.4 Å². The van der Waals surface area contributed by atoms with Gasteiger partial charge in [0.05, 0.1) is 10.4 Å². The first kappa shape index (κ1) is 15.7. The van der Waals surface area contributed by atoms with Crippen molar-refractivity contribution in [3.05, 3.63) is 53.2 Å². The smallest absolute Gasteiger partial charge is 0.268 e. The van der Waals surface area contributed by atoms with Gasteiger partial charge in [-0.2, -0.15) is 0 Å². The lowest BCUT2D eigenvalue weighted by atomic mass is 10.1. The van der Waals surface area contributed by atoms with E-state index in [1.54, 1.807) is 31.2 Å². The molecule has 25 heavy (non-hydrogen) atoms. The Morgan fingerprint density at radius 1 is 1.04 bits per heavy atom. The Balaban J connectivity index is 2.06. The first-order chi connectivity index (χ1) is 11.9. The number of aromatic nitrogens is 1. The maximum absolute atomic E-state index is 13.2. The second-order valence-electron chi connectivity index (χ2n) is 5.93. The molecule has 0 saturated carbocycles. The number of fused-ring (bicyclic) bond motifs is 2. The van der Waals surface area contributed by atoms with E-state index in [1.807, 2.05) is 6.92 Å². The lowest BCUT2D eigenvalue weighted by molar-refractivity contribution is 0.111. The number of carbonyl (C=O) groups is 1. The SMILES string of the molecule is Cc1ccc(S(=O)(=O)n2c(C=O)c(C)c3cc4c(cc32)OCO4)cc1. The van der Waals surface area contributed by atoms with E-state index in [1.165, 1.54) is 12.1 Å². The van der Waals surface area contributed by atoms with Crippen molar-refractivity contribution in [2.75, 3.05) is 6.79 Å². The van der Waals surface area contributed by atoms with Gasteiger partial charge in [-0.3, -0.25) is 4.79 Å². The molecule has 0 fully saturated rings. The van der Waals surface area contributed by atoms with Gasteiger partial charge in [0.2, 0.25) is 6.79 Å². The largest absolute Gasteiger partial charge is 0.454 e. The van der Waals surface area contributed by atoms with Crippen LogP contribution in [0.25, 0.3) is 10.9 Å². The Bertz CT molecular complexity index is 1110. The van der Waals surface area contributed by atoms with E-state index in [-0.39, 0.29) is 17.4 Å². The van der Waals surface area contributed by atoms with Crippen molar-refractivity contribution in [3.8, 4) is 11.5 Å². The van der Waals surface area contributed by atoms with Gasteiger partial charge in [-0.15, -0.1) is 0 Å². The predicted octanol–water partition coefficient (Wildman–Crippen LogP) is 3.04. The monoisotopic (exact) mass is 357 g/mol. The summed E-state index contributed by atoms with van der Waals surface area (Å²) in [6, 6.07) is 9.83. The summed E-state index contributed by atoms with van der Waals surface area (Å²) in [4.78, 5) is 11.8. The molecular formula is C18H15NO5S. The van der Waals surface area contributed by atoms with Gasteiger partial charge in [0.25, 0.3) is 10.0 Å². The number of benzene rings is 2. The molecule has 0 amide bonds. The second-order valence-corrected chi connectivity index (χ2v) is 7.72. The van der Waals surface area contributed by atoms with Crippen LogP contribution in [0.3, 0.4) is 0 Å². The van der Waals surface area contributed by atoms with E-state index in [2.05, 4.69) is 0 Å². The Labute approximate surface area is 144 Å². The molecule has 1 aliphatic heterocycles. The van der Waals surface area contributed by atoms with E-state index < -0.39 is 10.0 Å². The first-order valence-electron chi connectivity index (χ1n) is 7.65. The molecule has 0 bridgehead atoms. The fourth-order valence-electron chi connectivity index (χ4n) is 3.03. The normalized spacial score (nSPS) is 13.4. The van der Waals surface area contributed by atoms with Crippen LogP contribution in [0, 0.1) is 13.8 Å².